The lowest BCUT2D eigenvalue weighted by atomic mass is 10.1. The summed E-state index contributed by atoms with van der Waals surface area (Å²) in [4.78, 5) is 17.8. The van der Waals surface area contributed by atoms with Crippen LogP contribution in [-0.4, -0.2) is 35.1 Å². The molecule has 33 heavy (non-hydrogen) atoms. The van der Waals surface area contributed by atoms with Crippen molar-refractivity contribution in [3.8, 4) is 28.5 Å². The summed E-state index contributed by atoms with van der Waals surface area (Å²) in [6.45, 7) is 7.00. The molecule has 0 aliphatic rings. The Morgan fingerprint density at radius 2 is 1.64 bits per heavy atom. The van der Waals surface area contributed by atoms with Gasteiger partial charge in [0.05, 0.1) is 25.5 Å². The number of anilines is 1. The molecule has 1 N–H and O–H groups in total. The summed E-state index contributed by atoms with van der Waals surface area (Å²) in [7, 11) is 0. The van der Waals surface area contributed by atoms with Crippen LogP contribution in [0.1, 0.15) is 31.1 Å². The average Bonchev–Trinajstić information content (AvgIpc) is 3.26. The van der Waals surface area contributed by atoms with Gasteiger partial charge in [0, 0.05) is 29.2 Å². The highest BCUT2D eigenvalue weighted by atomic mass is 16.5. The van der Waals surface area contributed by atoms with E-state index in [2.05, 4.69) is 10.3 Å². The Labute approximate surface area is 192 Å². The Hall–Kier alpha value is -4.00. The topological polar surface area (TPSA) is 74.1 Å². The Morgan fingerprint density at radius 1 is 0.909 bits per heavy atom. The molecule has 0 aliphatic carbocycles. The summed E-state index contributed by atoms with van der Waals surface area (Å²) >= 11 is 0. The monoisotopic (exact) mass is 445 g/mol. The van der Waals surface area contributed by atoms with Crippen LogP contribution in [0.3, 0.4) is 0 Å². The maximum Gasteiger partial charge on any atom is 0.255 e. The van der Waals surface area contributed by atoms with Gasteiger partial charge in [0.15, 0.2) is 11.5 Å². The molecular weight excluding hydrogens is 418 g/mol. The van der Waals surface area contributed by atoms with E-state index < -0.39 is 0 Å². The minimum absolute atomic E-state index is 0.271. The third-order valence-corrected chi connectivity index (χ3v) is 4.95. The molecule has 0 atom stereocenters. The summed E-state index contributed by atoms with van der Waals surface area (Å²) < 4.78 is 19.1. The smallest absolute Gasteiger partial charge is 0.255 e. The van der Waals surface area contributed by atoms with E-state index in [1.807, 2.05) is 80.0 Å². The highest BCUT2D eigenvalue weighted by molar-refractivity contribution is 6.05. The molecule has 4 aromatic rings. The summed E-state index contributed by atoms with van der Waals surface area (Å²) in [5, 5.41) is 2.97. The Balaban J connectivity index is 1.62. The number of fused-ring (bicyclic) bond motifs is 1. The lowest BCUT2D eigenvalue weighted by molar-refractivity contribution is 0.102. The SMILES string of the molecule is CCOc1cc(C(=O)Nc2cccc(-c3cn4ccccc4n3)c2)cc(OCC)c1OCC. The molecule has 7 heteroatoms. The number of nitrogens with one attached hydrogen (secondary N) is 1. The fourth-order valence-corrected chi connectivity index (χ4v) is 3.55. The van der Waals surface area contributed by atoms with Gasteiger partial charge >= 0.3 is 0 Å². The van der Waals surface area contributed by atoms with Crippen LogP contribution < -0.4 is 19.5 Å². The quantitative estimate of drug-likeness (QED) is 0.371. The largest absolute Gasteiger partial charge is 0.490 e. The van der Waals surface area contributed by atoms with Gasteiger partial charge in [-0.3, -0.25) is 4.79 Å². The van der Waals surface area contributed by atoms with E-state index in [0.29, 0.717) is 48.3 Å². The van der Waals surface area contributed by atoms with Crippen molar-refractivity contribution in [2.45, 2.75) is 20.8 Å². The van der Waals surface area contributed by atoms with E-state index in [9.17, 15) is 4.79 Å². The number of benzene rings is 2. The highest BCUT2D eigenvalue weighted by Crippen LogP contribution is 2.39. The van der Waals surface area contributed by atoms with Crippen LogP contribution in [0.5, 0.6) is 17.2 Å². The fraction of sp³-hybridized carbons (Fsp3) is 0.231. The van der Waals surface area contributed by atoms with Crippen molar-refractivity contribution >= 4 is 17.2 Å². The second-order valence-corrected chi connectivity index (χ2v) is 7.23. The van der Waals surface area contributed by atoms with Crippen LogP contribution in [-0.2, 0) is 0 Å². The van der Waals surface area contributed by atoms with Gasteiger partial charge in [-0.05, 0) is 57.2 Å². The number of nitrogens with zero attached hydrogens (tertiary/aromatic N) is 2. The van der Waals surface area contributed by atoms with Gasteiger partial charge in [-0.1, -0.05) is 18.2 Å². The molecule has 0 saturated carbocycles. The number of imidazole rings is 1. The molecule has 0 fully saturated rings. The van der Waals surface area contributed by atoms with Crippen molar-refractivity contribution in [1.29, 1.82) is 0 Å². The molecule has 0 bridgehead atoms. The summed E-state index contributed by atoms with van der Waals surface area (Å²) in [6.07, 6.45) is 3.92. The van der Waals surface area contributed by atoms with Crippen molar-refractivity contribution in [3.05, 3.63) is 72.6 Å². The van der Waals surface area contributed by atoms with Crippen LogP contribution in [0.25, 0.3) is 16.9 Å². The van der Waals surface area contributed by atoms with Gasteiger partial charge in [0.25, 0.3) is 5.91 Å². The van der Waals surface area contributed by atoms with E-state index >= 15 is 0 Å². The Morgan fingerprint density at radius 3 is 2.30 bits per heavy atom. The Kier molecular flexibility index (Phi) is 6.78. The molecule has 0 radical (unpaired) electrons. The van der Waals surface area contributed by atoms with E-state index in [1.165, 1.54) is 0 Å². The first kappa shape index (κ1) is 22.2. The maximum atomic E-state index is 13.1. The number of ether oxygens (including phenoxy) is 3. The van der Waals surface area contributed by atoms with Gasteiger partial charge in [0.1, 0.15) is 5.65 Å². The molecular formula is C26H27N3O4. The number of aromatic nitrogens is 2. The molecule has 2 heterocycles. The first-order valence-corrected chi connectivity index (χ1v) is 11.0. The molecule has 0 saturated heterocycles. The van der Waals surface area contributed by atoms with Crippen LogP contribution in [0.4, 0.5) is 5.69 Å². The zero-order chi connectivity index (χ0) is 23.2. The van der Waals surface area contributed by atoms with Gasteiger partial charge in [0.2, 0.25) is 5.75 Å². The fourth-order valence-electron chi connectivity index (χ4n) is 3.55. The summed E-state index contributed by atoms with van der Waals surface area (Å²) in [6, 6.07) is 16.8. The summed E-state index contributed by atoms with van der Waals surface area (Å²) in [5.74, 6) is 1.20. The second-order valence-electron chi connectivity index (χ2n) is 7.23. The normalized spacial score (nSPS) is 10.8. The molecule has 4 rings (SSSR count). The third kappa shape index (κ3) is 4.92. The van der Waals surface area contributed by atoms with Crippen molar-refractivity contribution in [1.82, 2.24) is 9.38 Å². The number of amides is 1. The molecule has 1 amide bonds. The zero-order valence-corrected chi connectivity index (χ0v) is 19.0. The van der Waals surface area contributed by atoms with Gasteiger partial charge in [-0.15, -0.1) is 0 Å². The van der Waals surface area contributed by atoms with E-state index in [-0.39, 0.29) is 5.91 Å². The number of carbonyl (C=O) groups excluding carboxylic acids is 1. The predicted octanol–water partition coefficient (Wildman–Crippen LogP) is 5.45. The molecule has 0 unspecified atom stereocenters. The van der Waals surface area contributed by atoms with Crippen LogP contribution >= 0.6 is 0 Å². The molecule has 7 nitrogen and oxygen atoms in total. The first-order valence-electron chi connectivity index (χ1n) is 11.0. The van der Waals surface area contributed by atoms with Crippen LogP contribution in [0, 0.1) is 0 Å². The summed E-state index contributed by atoms with van der Waals surface area (Å²) in [5.41, 5.74) is 3.69. The van der Waals surface area contributed by atoms with Crippen LogP contribution in [0.15, 0.2) is 67.0 Å². The average molecular weight is 446 g/mol. The van der Waals surface area contributed by atoms with Gasteiger partial charge in [-0.2, -0.15) is 0 Å². The van der Waals surface area contributed by atoms with E-state index in [0.717, 1.165) is 16.9 Å². The molecule has 2 aromatic carbocycles. The minimum Gasteiger partial charge on any atom is -0.490 e. The second kappa shape index (κ2) is 10.1. The molecule has 0 aliphatic heterocycles. The molecule has 2 aromatic heterocycles. The molecule has 0 spiro atoms. The van der Waals surface area contributed by atoms with Crippen molar-refractivity contribution < 1.29 is 19.0 Å². The van der Waals surface area contributed by atoms with E-state index in [1.54, 1.807) is 12.1 Å². The number of hydrogen-bond acceptors (Lipinski definition) is 5. The van der Waals surface area contributed by atoms with Crippen molar-refractivity contribution in [2.75, 3.05) is 25.1 Å². The van der Waals surface area contributed by atoms with Crippen molar-refractivity contribution in [3.63, 3.8) is 0 Å². The lowest BCUT2D eigenvalue weighted by Crippen LogP contribution is -2.13. The number of carbonyl (C=O) groups is 1. The van der Waals surface area contributed by atoms with Gasteiger partial charge in [-0.25, -0.2) is 4.98 Å². The number of rotatable bonds is 9. The lowest BCUT2D eigenvalue weighted by Gasteiger charge is -2.17. The zero-order valence-electron chi connectivity index (χ0n) is 19.0. The standard InChI is InChI=1S/C26H27N3O4/c1-4-31-22-15-19(16-23(32-5-2)25(22)33-6-3)26(30)27-20-11-9-10-18(14-20)21-17-29-13-8-7-12-24(29)28-21/h7-17H,4-6H2,1-3H3,(H,27,30). The first-order chi connectivity index (χ1) is 16.1. The number of pyridine rings is 1. The maximum absolute atomic E-state index is 13.1. The minimum atomic E-state index is -0.271. The van der Waals surface area contributed by atoms with Gasteiger partial charge < -0.3 is 23.9 Å². The van der Waals surface area contributed by atoms with Crippen molar-refractivity contribution in [2.24, 2.45) is 0 Å². The van der Waals surface area contributed by atoms with E-state index in [4.69, 9.17) is 14.2 Å². The highest BCUT2D eigenvalue weighted by Gasteiger charge is 2.18. The van der Waals surface area contributed by atoms with Crippen LogP contribution in [0.2, 0.25) is 0 Å². The Bertz CT molecular complexity index is 1210. The number of hydrogen-bond donors (Lipinski definition) is 1. The third-order valence-electron chi connectivity index (χ3n) is 4.95. The predicted molar refractivity (Wildman–Crippen MR) is 129 cm³/mol. The molecule has 170 valence electrons.